The van der Waals surface area contributed by atoms with Crippen molar-refractivity contribution in [1.82, 2.24) is 0 Å². The summed E-state index contributed by atoms with van der Waals surface area (Å²) in [4.78, 5) is 23.2. The highest BCUT2D eigenvalue weighted by atomic mass is 35.5. The van der Waals surface area contributed by atoms with Gasteiger partial charge in [-0.05, 0) is 31.5 Å². The Kier molecular flexibility index (Phi) is 6.68. The molecule has 0 unspecified atom stereocenters. The first-order valence-corrected chi connectivity index (χ1v) is 5.87. The Morgan fingerprint density at radius 1 is 1.20 bits per heavy atom. The summed E-state index contributed by atoms with van der Waals surface area (Å²) in [5.74, 6) is -0.839. The average Bonchev–Trinajstić information content (AvgIpc) is 2.44. The Labute approximate surface area is 124 Å². The third-order valence-electron chi connectivity index (χ3n) is 3.16. The lowest BCUT2D eigenvalue weighted by Gasteiger charge is -2.29. The van der Waals surface area contributed by atoms with Crippen molar-refractivity contribution in [1.29, 1.82) is 0 Å². The van der Waals surface area contributed by atoms with Crippen molar-refractivity contribution in [3.8, 4) is 0 Å². The summed E-state index contributed by atoms with van der Waals surface area (Å²) in [6, 6.07) is 6.15. The smallest absolute Gasteiger partial charge is 0.337 e. The first-order chi connectivity index (χ1) is 8.84. The van der Waals surface area contributed by atoms with Crippen LogP contribution in [0, 0.1) is 5.41 Å². The van der Waals surface area contributed by atoms with Gasteiger partial charge < -0.3 is 15.2 Å². The molecule has 112 valence electrons. The van der Waals surface area contributed by atoms with Gasteiger partial charge in [-0.15, -0.1) is 12.4 Å². The lowest BCUT2D eigenvalue weighted by Crippen LogP contribution is -2.37. The summed E-state index contributed by atoms with van der Waals surface area (Å²) in [6.07, 6.45) is 0. The number of methoxy groups -OCH3 is 2. The fourth-order valence-electron chi connectivity index (χ4n) is 1.78. The molecule has 0 aliphatic carbocycles. The van der Waals surface area contributed by atoms with Crippen LogP contribution in [0.15, 0.2) is 24.3 Å². The van der Waals surface area contributed by atoms with Crippen LogP contribution in [0.3, 0.4) is 0 Å². The molecule has 1 rings (SSSR count). The maximum absolute atomic E-state index is 11.7. The Bertz CT molecular complexity index is 488. The minimum absolute atomic E-state index is 0. The Morgan fingerprint density at radius 2 is 1.80 bits per heavy atom. The van der Waals surface area contributed by atoms with Crippen molar-refractivity contribution in [3.05, 3.63) is 35.4 Å². The largest absolute Gasteiger partial charge is 0.469 e. The number of nitrogens with two attached hydrogens (primary N) is 1. The van der Waals surface area contributed by atoms with Crippen LogP contribution < -0.4 is 5.73 Å². The molecule has 0 aliphatic rings. The standard InChI is InChI=1S/C14H19NO4.ClH/c1-14(2,13(17)19-4)11(15)9-6-5-7-10(8-9)12(16)18-3;/h5-8,11H,15H2,1-4H3;1H/t11-;/m1./s1. The molecule has 0 aromatic heterocycles. The SMILES string of the molecule is COC(=O)c1cccc([C@@H](N)C(C)(C)C(=O)OC)c1.Cl. The molecule has 0 spiro atoms. The van der Waals surface area contributed by atoms with Gasteiger partial charge in [-0.2, -0.15) is 0 Å². The minimum Gasteiger partial charge on any atom is -0.469 e. The summed E-state index contributed by atoms with van der Waals surface area (Å²) >= 11 is 0. The van der Waals surface area contributed by atoms with Crippen LogP contribution in [0.2, 0.25) is 0 Å². The normalized spacial score (nSPS) is 12.1. The van der Waals surface area contributed by atoms with Gasteiger partial charge >= 0.3 is 11.9 Å². The van der Waals surface area contributed by atoms with Crippen molar-refractivity contribution >= 4 is 24.3 Å². The highest BCUT2D eigenvalue weighted by Crippen LogP contribution is 2.32. The van der Waals surface area contributed by atoms with Gasteiger partial charge in [-0.3, -0.25) is 4.79 Å². The van der Waals surface area contributed by atoms with Gasteiger partial charge in [0.05, 0.1) is 25.2 Å². The van der Waals surface area contributed by atoms with Crippen LogP contribution in [0.5, 0.6) is 0 Å². The highest BCUT2D eigenvalue weighted by Gasteiger charge is 2.36. The van der Waals surface area contributed by atoms with Crippen molar-refractivity contribution in [2.75, 3.05) is 14.2 Å². The average molecular weight is 302 g/mol. The number of halogens is 1. The van der Waals surface area contributed by atoms with Gasteiger partial charge in [-0.25, -0.2) is 4.79 Å². The second kappa shape index (κ2) is 7.26. The van der Waals surface area contributed by atoms with E-state index in [1.165, 1.54) is 14.2 Å². The van der Waals surface area contributed by atoms with Gasteiger partial charge in [-0.1, -0.05) is 12.1 Å². The van der Waals surface area contributed by atoms with E-state index in [9.17, 15) is 9.59 Å². The molecule has 0 radical (unpaired) electrons. The number of benzene rings is 1. The van der Waals surface area contributed by atoms with Gasteiger partial charge in [0.1, 0.15) is 0 Å². The van der Waals surface area contributed by atoms with E-state index in [2.05, 4.69) is 4.74 Å². The van der Waals surface area contributed by atoms with E-state index in [0.717, 1.165) is 0 Å². The highest BCUT2D eigenvalue weighted by molar-refractivity contribution is 5.89. The number of carbonyl (C=O) groups is 2. The molecular formula is C14H20ClNO4. The van der Waals surface area contributed by atoms with E-state index in [0.29, 0.717) is 11.1 Å². The molecule has 0 heterocycles. The number of rotatable bonds is 4. The van der Waals surface area contributed by atoms with E-state index in [-0.39, 0.29) is 12.4 Å². The molecule has 1 atom stereocenters. The molecule has 6 heteroatoms. The number of ether oxygens (including phenoxy) is 2. The maximum atomic E-state index is 11.7. The fraction of sp³-hybridized carbons (Fsp3) is 0.429. The summed E-state index contributed by atoms with van der Waals surface area (Å²) in [5.41, 5.74) is 6.30. The second-order valence-electron chi connectivity index (χ2n) is 4.81. The molecule has 0 amide bonds. The third-order valence-corrected chi connectivity index (χ3v) is 3.16. The zero-order chi connectivity index (χ0) is 14.6. The van der Waals surface area contributed by atoms with Crippen LogP contribution in [0.25, 0.3) is 0 Å². The van der Waals surface area contributed by atoms with Crippen molar-refractivity contribution in [3.63, 3.8) is 0 Å². The number of carbonyl (C=O) groups excluding carboxylic acids is 2. The van der Waals surface area contributed by atoms with Crippen molar-refractivity contribution in [2.45, 2.75) is 19.9 Å². The monoisotopic (exact) mass is 301 g/mol. The van der Waals surface area contributed by atoms with Gasteiger partial charge in [0.2, 0.25) is 0 Å². The Morgan fingerprint density at radius 3 is 2.30 bits per heavy atom. The summed E-state index contributed by atoms with van der Waals surface area (Å²) in [5, 5.41) is 0. The van der Waals surface area contributed by atoms with Crippen LogP contribution in [-0.2, 0) is 14.3 Å². The molecule has 5 nitrogen and oxygen atoms in total. The molecule has 0 saturated carbocycles. The predicted molar refractivity (Wildman–Crippen MR) is 77.8 cm³/mol. The number of hydrogen-bond acceptors (Lipinski definition) is 5. The Hall–Kier alpha value is -1.59. The zero-order valence-corrected chi connectivity index (χ0v) is 12.8. The van der Waals surface area contributed by atoms with E-state index in [1.54, 1.807) is 38.1 Å². The third kappa shape index (κ3) is 3.71. The Balaban J connectivity index is 0.00000361. The molecule has 0 saturated heterocycles. The van der Waals surface area contributed by atoms with Crippen molar-refractivity contribution in [2.24, 2.45) is 11.1 Å². The van der Waals surface area contributed by atoms with Crippen LogP contribution in [0.1, 0.15) is 35.8 Å². The van der Waals surface area contributed by atoms with Crippen LogP contribution in [0.4, 0.5) is 0 Å². The summed E-state index contributed by atoms with van der Waals surface area (Å²) < 4.78 is 9.40. The van der Waals surface area contributed by atoms with Crippen LogP contribution >= 0.6 is 12.4 Å². The quantitative estimate of drug-likeness (QED) is 0.862. The molecule has 0 bridgehead atoms. The van der Waals surface area contributed by atoms with E-state index < -0.39 is 23.4 Å². The zero-order valence-electron chi connectivity index (χ0n) is 12.0. The van der Waals surface area contributed by atoms with Crippen LogP contribution in [-0.4, -0.2) is 26.2 Å². The van der Waals surface area contributed by atoms with Crippen molar-refractivity contribution < 1.29 is 19.1 Å². The molecular weight excluding hydrogens is 282 g/mol. The molecule has 0 aliphatic heterocycles. The summed E-state index contributed by atoms with van der Waals surface area (Å²) in [6.45, 7) is 3.41. The predicted octanol–water partition coefficient (Wildman–Crippen LogP) is 2.09. The topological polar surface area (TPSA) is 78.6 Å². The first-order valence-electron chi connectivity index (χ1n) is 5.87. The fourth-order valence-corrected chi connectivity index (χ4v) is 1.78. The lowest BCUT2D eigenvalue weighted by molar-refractivity contribution is -0.152. The summed E-state index contributed by atoms with van der Waals surface area (Å²) in [7, 11) is 2.63. The lowest BCUT2D eigenvalue weighted by atomic mass is 9.80. The molecule has 1 aromatic carbocycles. The van der Waals surface area contributed by atoms with E-state index in [4.69, 9.17) is 10.5 Å². The number of hydrogen-bond donors (Lipinski definition) is 1. The van der Waals surface area contributed by atoms with Gasteiger partial charge in [0, 0.05) is 6.04 Å². The molecule has 2 N–H and O–H groups in total. The number of esters is 2. The molecule has 20 heavy (non-hydrogen) atoms. The second-order valence-corrected chi connectivity index (χ2v) is 4.81. The van der Waals surface area contributed by atoms with Gasteiger partial charge in [0.15, 0.2) is 0 Å². The molecule has 0 fully saturated rings. The first kappa shape index (κ1) is 18.4. The minimum atomic E-state index is -0.885. The van der Waals surface area contributed by atoms with Gasteiger partial charge in [0.25, 0.3) is 0 Å². The van der Waals surface area contributed by atoms with E-state index >= 15 is 0 Å². The molecule has 1 aromatic rings. The maximum Gasteiger partial charge on any atom is 0.337 e. The van der Waals surface area contributed by atoms with E-state index in [1.807, 2.05) is 0 Å².